The minimum absolute atomic E-state index is 0.727. The maximum Gasteiger partial charge on any atom is 0.157 e. The first-order valence-electron chi connectivity index (χ1n) is 7.17. The first-order chi connectivity index (χ1) is 9.88. The molecule has 0 spiro atoms. The van der Waals surface area contributed by atoms with E-state index in [1.54, 1.807) is 0 Å². The molecule has 21 heavy (non-hydrogen) atoms. The van der Waals surface area contributed by atoms with Gasteiger partial charge in [0.25, 0.3) is 0 Å². The van der Waals surface area contributed by atoms with E-state index in [0.717, 1.165) is 45.6 Å². The van der Waals surface area contributed by atoms with Gasteiger partial charge in [0, 0.05) is 22.0 Å². The van der Waals surface area contributed by atoms with Crippen molar-refractivity contribution in [3.63, 3.8) is 0 Å². The molecule has 0 aliphatic carbocycles. The van der Waals surface area contributed by atoms with Crippen molar-refractivity contribution in [3.05, 3.63) is 46.0 Å². The molecule has 0 aliphatic rings. The van der Waals surface area contributed by atoms with Crippen molar-refractivity contribution in [2.75, 3.05) is 5.32 Å². The Hall–Kier alpha value is -1.61. The molecule has 1 N–H and O–H groups in total. The van der Waals surface area contributed by atoms with Crippen molar-refractivity contribution in [3.8, 4) is 0 Å². The van der Waals surface area contributed by atoms with Crippen molar-refractivity contribution >= 4 is 23.0 Å². The highest BCUT2D eigenvalue weighted by atomic mass is 35.5. The van der Waals surface area contributed by atoms with Gasteiger partial charge in [-0.2, -0.15) is 0 Å². The molecule has 1 rings (SSSR count). The second-order valence-electron chi connectivity index (χ2n) is 5.01. The van der Waals surface area contributed by atoms with E-state index in [1.165, 1.54) is 0 Å². The second kappa shape index (κ2) is 7.99. The summed E-state index contributed by atoms with van der Waals surface area (Å²) in [4.78, 5) is 9.27. The Morgan fingerprint density at radius 1 is 1.19 bits per heavy atom. The number of rotatable bonds is 5. The summed E-state index contributed by atoms with van der Waals surface area (Å²) in [5.41, 5.74) is 4.22. The van der Waals surface area contributed by atoms with Crippen LogP contribution in [-0.4, -0.2) is 9.97 Å². The molecular weight excluding hydrogens is 282 g/mol. The number of allylic oxidation sites excluding steroid dienone is 6. The van der Waals surface area contributed by atoms with Gasteiger partial charge in [-0.3, -0.25) is 0 Å². The second-order valence-corrected chi connectivity index (χ2v) is 5.61. The van der Waals surface area contributed by atoms with Crippen LogP contribution in [0.3, 0.4) is 0 Å². The first-order valence-corrected chi connectivity index (χ1v) is 7.55. The Morgan fingerprint density at radius 2 is 1.86 bits per heavy atom. The van der Waals surface area contributed by atoms with E-state index in [9.17, 15) is 0 Å². The SMILES string of the molecule is C/C=C(\C)Nc1nc(/C(C)=C/C=C(\C)Cl)nc(C)c1CC. The number of nitrogens with one attached hydrogen (secondary N) is 1. The lowest BCUT2D eigenvalue weighted by molar-refractivity contribution is 0.975. The zero-order valence-electron chi connectivity index (χ0n) is 13.7. The van der Waals surface area contributed by atoms with Gasteiger partial charge in [0.1, 0.15) is 5.82 Å². The summed E-state index contributed by atoms with van der Waals surface area (Å²) in [6.45, 7) is 12.0. The molecule has 3 nitrogen and oxygen atoms in total. The topological polar surface area (TPSA) is 37.8 Å². The first kappa shape index (κ1) is 17.4. The Morgan fingerprint density at radius 3 is 2.38 bits per heavy atom. The third-order valence-electron chi connectivity index (χ3n) is 3.23. The smallest absolute Gasteiger partial charge is 0.157 e. The van der Waals surface area contributed by atoms with Gasteiger partial charge in [-0.25, -0.2) is 9.97 Å². The minimum atomic E-state index is 0.727. The van der Waals surface area contributed by atoms with Gasteiger partial charge in [0.15, 0.2) is 5.82 Å². The maximum absolute atomic E-state index is 5.86. The number of hydrogen-bond acceptors (Lipinski definition) is 3. The fourth-order valence-electron chi connectivity index (χ4n) is 1.87. The predicted octanol–water partition coefficient (Wildman–Crippen LogP) is 5.23. The largest absolute Gasteiger partial charge is 0.344 e. The lowest BCUT2D eigenvalue weighted by Crippen LogP contribution is -2.08. The molecule has 4 heteroatoms. The van der Waals surface area contributed by atoms with Crippen LogP contribution < -0.4 is 5.32 Å². The number of aryl methyl sites for hydroxylation is 1. The molecule has 0 bridgehead atoms. The highest BCUT2D eigenvalue weighted by Crippen LogP contribution is 2.21. The average molecular weight is 306 g/mol. The van der Waals surface area contributed by atoms with Crippen LogP contribution in [-0.2, 0) is 6.42 Å². The van der Waals surface area contributed by atoms with Crippen LogP contribution in [0.4, 0.5) is 5.82 Å². The van der Waals surface area contributed by atoms with Gasteiger partial charge < -0.3 is 5.32 Å². The van der Waals surface area contributed by atoms with Crippen LogP contribution in [0.25, 0.3) is 5.57 Å². The molecule has 0 amide bonds. The normalized spacial score (nSPS) is 13.6. The summed E-state index contributed by atoms with van der Waals surface area (Å²) < 4.78 is 0. The summed E-state index contributed by atoms with van der Waals surface area (Å²) in [6.07, 6.45) is 6.72. The molecular formula is C17H24ClN3. The fourth-order valence-corrected chi connectivity index (χ4v) is 1.94. The van der Waals surface area contributed by atoms with Crippen LogP contribution >= 0.6 is 11.6 Å². The van der Waals surface area contributed by atoms with Crippen molar-refractivity contribution in [2.45, 2.75) is 48.0 Å². The van der Waals surface area contributed by atoms with Crippen LogP contribution in [0.1, 0.15) is 51.7 Å². The van der Waals surface area contributed by atoms with Crippen molar-refractivity contribution in [2.24, 2.45) is 0 Å². The zero-order chi connectivity index (χ0) is 16.0. The monoisotopic (exact) mass is 305 g/mol. The molecule has 0 radical (unpaired) electrons. The van der Waals surface area contributed by atoms with E-state index >= 15 is 0 Å². The number of anilines is 1. The van der Waals surface area contributed by atoms with Gasteiger partial charge >= 0.3 is 0 Å². The van der Waals surface area contributed by atoms with Crippen LogP contribution in [0.15, 0.2) is 29.0 Å². The predicted molar refractivity (Wildman–Crippen MR) is 92.5 cm³/mol. The number of hydrogen-bond donors (Lipinski definition) is 1. The van der Waals surface area contributed by atoms with E-state index in [4.69, 9.17) is 11.6 Å². The standard InChI is InChI=1S/C17H24ClN3/c1-7-13(5)19-17-15(8-2)14(6)20-16(21-17)11(3)9-10-12(4)18/h7,9-10H,8H2,1-6H3,(H,19,20,21)/b11-9+,12-10+,13-7+. The van der Waals surface area contributed by atoms with Gasteiger partial charge in [0.2, 0.25) is 0 Å². The Labute approximate surface area is 132 Å². The van der Waals surface area contributed by atoms with Crippen molar-refractivity contribution < 1.29 is 0 Å². The summed E-state index contributed by atoms with van der Waals surface area (Å²) >= 11 is 5.86. The zero-order valence-corrected chi connectivity index (χ0v) is 14.5. The van der Waals surface area contributed by atoms with E-state index in [0.29, 0.717) is 0 Å². The highest BCUT2D eigenvalue weighted by Gasteiger charge is 2.11. The van der Waals surface area contributed by atoms with Gasteiger partial charge in [-0.1, -0.05) is 30.7 Å². The Kier molecular flexibility index (Phi) is 6.63. The third-order valence-corrected chi connectivity index (χ3v) is 3.36. The quantitative estimate of drug-likeness (QED) is 0.757. The molecule has 0 atom stereocenters. The molecule has 1 aromatic rings. The van der Waals surface area contributed by atoms with Gasteiger partial charge in [-0.15, -0.1) is 0 Å². The number of aromatic nitrogens is 2. The Balaban J connectivity index is 3.31. The van der Waals surface area contributed by atoms with E-state index < -0.39 is 0 Å². The molecule has 0 fully saturated rings. The molecule has 1 heterocycles. The minimum Gasteiger partial charge on any atom is -0.344 e. The van der Waals surface area contributed by atoms with Crippen molar-refractivity contribution in [1.29, 1.82) is 0 Å². The fraction of sp³-hybridized carbons (Fsp3) is 0.412. The molecule has 0 unspecified atom stereocenters. The van der Waals surface area contributed by atoms with Gasteiger partial charge in [0.05, 0.1) is 0 Å². The maximum atomic E-state index is 5.86. The van der Waals surface area contributed by atoms with E-state index in [1.807, 2.05) is 52.8 Å². The number of nitrogens with zero attached hydrogens (tertiary/aromatic N) is 2. The van der Waals surface area contributed by atoms with Gasteiger partial charge in [-0.05, 0) is 52.7 Å². The molecule has 0 saturated carbocycles. The lowest BCUT2D eigenvalue weighted by Gasteiger charge is -2.14. The highest BCUT2D eigenvalue weighted by molar-refractivity contribution is 6.29. The number of halogens is 1. The molecule has 0 aromatic carbocycles. The summed E-state index contributed by atoms with van der Waals surface area (Å²) in [5.74, 6) is 1.61. The van der Waals surface area contributed by atoms with Crippen LogP contribution in [0.5, 0.6) is 0 Å². The van der Waals surface area contributed by atoms with Crippen molar-refractivity contribution in [1.82, 2.24) is 9.97 Å². The molecule has 1 aromatic heterocycles. The summed E-state index contributed by atoms with van der Waals surface area (Å²) in [5, 5.41) is 4.09. The van der Waals surface area contributed by atoms with Crippen LogP contribution in [0, 0.1) is 6.92 Å². The Bertz CT molecular complexity index is 594. The van der Waals surface area contributed by atoms with E-state index in [2.05, 4.69) is 22.2 Å². The average Bonchev–Trinajstić information content (AvgIpc) is 2.44. The molecule has 0 saturated heterocycles. The molecule has 0 aliphatic heterocycles. The molecule has 114 valence electrons. The lowest BCUT2D eigenvalue weighted by atomic mass is 10.1. The summed E-state index contributed by atoms with van der Waals surface area (Å²) in [6, 6.07) is 0. The van der Waals surface area contributed by atoms with E-state index in [-0.39, 0.29) is 0 Å². The third kappa shape index (κ3) is 5.01. The van der Waals surface area contributed by atoms with Crippen LogP contribution in [0.2, 0.25) is 0 Å². The summed E-state index contributed by atoms with van der Waals surface area (Å²) in [7, 11) is 0.